The van der Waals surface area contributed by atoms with Crippen LogP contribution in [0.3, 0.4) is 0 Å². The molecule has 1 aliphatic rings. The van der Waals surface area contributed by atoms with Crippen LogP contribution in [-0.2, 0) is 0 Å². The van der Waals surface area contributed by atoms with Gasteiger partial charge < -0.3 is 5.11 Å². The first-order valence-corrected chi connectivity index (χ1v) is 9.47. The Kier molecular flexibility index (Phi) is 5.18. The fourth-order valence-corrected chi connectivity index (χ4v) is 3.93. The lowest BCUT2D eigenvalue weighted by molar-refractivity contribution is 0.0522. The van der Waals surface area contributed by atoms with E-state index in [1.807, 2.05) is 0 Å². The third-order valence-electron chi connectivity index (χ3n) is 5.05. The smallest absolute Gasteiger partial charge is 0.261 e. The molecule has 0 spiro atoms. The lowest BCUT2D eigenvalue weighted by Gasteiger charge is -2.27. The summed E-state index contributed by atoms with van der Waals surface area (Å²) >= 11 is 6.12. The number of halogens is 2. The van der Waals surface area contributed by atoms with Gasteiger partial charge in [-0.05, 0) is 47.5 Å². The predicted molar refractivity (Wildman–Crippen MR) is 108 cm³/mol. The number of benzene rings is 3. The zero-order chi connectivity index (χ0) is 20.5. The lowest BCUT2D eigenvalue weighted by atomic mass is 9.86. The number of carbonyl (C=O) groups excluding carboxylic acids is 2. The molecule has 2 atom stereocenters. The summed E-state index contributed by atoms with van der Waals surface area (Å²) in [5.74, 6) is -2.02. The molecule has 0 fully saturated rings. The molecule has 4 rings (SSSR count). The highest BCUT2D eigenvalue weighted by Crippen LogP contribution is 2.32. The van der Waals surface area contributed by atoms with Crippen LogP contribution in [0.1, 0.15) is 37.8 Å². The molecule has 1 aliphatic heterocycles. The highest BCUT2D eigenvalue weighted by Gasteiger charge is 2.38. The average Bonchev–Trinajstić information content (AvgIpc) is 2.94. The molecule has 0 bridgehead atoms. The van der Waals surface area contributed by atoms with Gasteiger partial charge in [0.25, 0.3) is 11.8 Å². The minimum absolute atomic E-state index is 0.222. The first-order chi connectivity index (χ1) is 14.0. The topological polar surface area (TPSA) is 57.6 Å². The predicted octanol–water partition coefficient (Wildman–Crippen LogP) is 4.27. The van der Waals surface area contributed by atoms with Gasteiger partial charge in [-0.2, -0.15) is 0 Å². The first kappa shape index (κ1) is 19.3. The van der Waals surface area contributed by atoms with Crippen molar-refractivity contribution in [2.24, 2.45) is 0 Å². The van der Waals surface area contributed by atoms with Gasteiger partial charge in [-0.3, -0.25) is 14.5 Å². The number of aliphatic hydroxyl groups excluding tert-OH is 1. The van der Waals surface area contributed by atoms with Crippen LogP contribution in [0.15, 0.2) is 72.8 Å². The van der Waals surface area contributed by atoms with E-state index in [2.05, 4.69) is 0 Å². The largest absolute Gasteiger partial charge is 0.390 e. The van der Waals surface area contributed by atoms with Crippen molar-refractivity contribution in [3.63, 3.8) is 0 Å². The molecule has 4 nitrogen and oxygen atoms in total. The van der Waals surface area contributed by atoms with Gasteiger partial charge in [-0.25, -0.2) is 4.39 Å². The molecule has 146 valence electrons. The Hall–Kier alpha value is -3.02. The van der Waals surface area contributed by atoms with Crippen LogP contribution >= 0.6 is 11.6 Å². The Morgan fingerprint density at radius 1 is 0.862 bits per heavy atom. The van der Waals surface area contributed by atoms with Crippen LogP contribution in [-0.4, -0.2) is 34.5 Å². The second-order valence-corrected chi connectivity index (χ2v) is 7.36. The van der Waals surface area contributed by atoms with Crippen LogP contribution in [0.4, 0.5) is 4.39 Å². The molecule has 1 N–H and O–H groups in total. The molecule has 3 aromatic rings. The second kappa shape index (κ2) is 7.78. The van der Waals surface area contributed by atoms with Gasteiger partial charge in [-0.1, -0.05) is 48.0 Å². The van der Waals surface area contributed by atoms with Crippen LogP contribution in [0.5, 0.6) is 0 Å². The summed E-state index contributed by atoms with van der Waals surface area (Å²) in [6.45, 7) is -0.222. The first-order valence-electron chi connectivity index (χ1n) is 9.10. The summed E-state index contributed by atoms with van der Waals surface area (Å²) in [6.07, 6.45) is -1.16. The minimum atomic E-state index is -1.16. The van der Waals surface area contributed by atoms with Gasteiger partial charge >= 0.3 is 0 Å². The Labute approximate surface area is 172 Å². The maximum atomic E-state index is 13.9. The second-order valence-electron chi connectivity index (χ2n) is 6.92. The Bertz CT molecular complexity index is 1020. The Morgan fingerprint density at radius 3 is 2.03 bits per heavy atom. The number of nitrogens with zero attached hydrogens (tertiary/aromatic N) is 1. The number of imide groups is 1. The number of fused-ring (bicyclic) bond motifs is 1. The van der Waals surface area contributed by atoms with E-state index >= 15 is 0 Å². The molecule has 29 heavy (non-hydrogen) atoms. The number of hydrogen-bond acceptors (Lipinski definition) is 3. The van der Waals surface area contributed by atoms with Crippen molar-refractivity contribution in [2.45, 2.75) is 12.0 Å². The molecule has 0 saturated carbocycles. The van der Waals surface area contributed by atoms with E-state index in [-0.39, 0.29) is 6.54 Å². The molecule has 0 saturated heterocycles. The molecule has 0 aliphatic carbocycles. The van der Waals surface area contributed by atoms with Crippen LogP contribution in [0.2, 0.25) is 5.02 Å². The number of carbonyl (C=O) groups is 2. The maximum absolute atomic E-state index is 13.9. The molecular weight excluding hydrogens is 393 g/mol. The fourth-order valence-electron chi connectivity index (χ4n) is 3.73. The maximum Gasteiger partial charge on any atom is 0.261 e. The van der Waals surface area contributed by atoms with Crippen LogP contribution in [0.25, 0.3) is 0 Å². The summed E-state index contributed by atoms with van der Waals surface area (Å²) < 4.78 is 13.9. The summed E-state index contributed by atoms with van der Waals surface area (Å²) in [7, 11) is 0. The Morgan fingerprint density at radius 2 is 1.45 bits per heavy atom. The number of rotatable bonds is 5. The molecule has 0 aromatic heterocycles. The van der Waals surface area contributed by atoms with Gasteiger partial charge in [0.05, 0.1) is 23.8 Å². The van der Waals surface area contributed by atoms with Crippen molar-refractivity contribution < 1.29 is 19.1 Å². The normalized spacial score (nSPS) is 15.3. The third kappa shape index (κ3) is 3.67. The number of aliphatic hydroxyl groups is 1. The minimum Gasteiger partial charge on any atom is -0.390 e. The van der Waals surface area contributed by atoms with Crippen LogP contribution < -0.4 is 0 Å². The molecule has 3 aromatic carbocycles. The van der Waals surface area contributed by atoms with E-state index < -0.39 is 29.7 Å². The summed E-state index contributed by atoms with van der Waals surface area (Å²) in [5.41, 5.74) is 1.81. The molecular formula is C23H17ClFNO3. The van der Waals surface area contributed by atoms with E-state index in [4.69, 9.17) is 11.6 Å². The van der Waals surface area contributed by atoms with Gasteiger partial charge in [-0.15, -0.1) is 0 Å². The van der Waals surface area contributed by atoms with Crippen molar-refractivity contribution in [1.82, 2.24) is 4.90 Å². The zero-order valence-corrected chi connectivity index (χ0v) is 16.0. The molecule has 2 amide bonds. The SMILES string of the molecule is O=C1c2ccccc2C(=O)N1C[C@H](O)[C@@H](c1cccc(F)c1)c1cccc(Cl)c1. The summed E-state index contributed by atoms with van der Waals surface area (Å²) in [5, 5.41) is 11.5. The summed E-state index contributed by atoms with van der Waals surface area (Å²) in [4.78, 5) is 26.4. The van der Waals surface area contributed by atoms with Gasteiger partial charge in [0, 0.05) is 10.9 Å². The van der Waals surface area contributed by atoms with E-state index in [0.717, 1.165) is 4.90 Å². The monoisotopic (exact) mass is 409 g/mol. The lowest BCUT2D eigenvalue weighted by Crippen LogP contribution is -2.39. The molecule has 6 heteroatoms. The highest BCUT2D eigenvalue weighted by molar-refractivity contribution is 6.30. The molecule has 1 heterocycles. The quantitative estimate of drug-likeness (QED) is 0.640. The van der Waals surface area contributed by atoms with Crippen LogP contribution in [0, 0.1) is 5.82 Å². The zero-order valence-electron chi connectivity index (χ0n) is 15.3. The molecule has 0 unspecified atom stereocenters. The van der Waals surface area contributed by atoms with Gasteiger partial charge in [0.2, 0.25) is 0 Å². The van der Waals surface area contributed by atoms with E-state index in [9.17, 15) is 19.1 Å². The van der Waals surface area contributed by atoms with Crippen molar-refractivity contribution in [1.29, 1.82) is 0 Å². The summed E-state index contributed by atoms with van der Waals surface area (Å²) in [6, 6.07) is 19.3. The van der Waals surface area contributed by atoms with E-state index in [1.54, 1.807) is 60.7 Å². The number of hydrogen-bond donors (Lipinski definition) is 1. The average molecular weight is 410 g/mol. The van der Waals surface area contributed by atoms with Crippen molar-refractivity contribution in [3.8, 4) is 0 Å². The standard InChI is InChI=1S/C23H17ClFNO3/c24-16-7-3-5-14(11-16)21(15-6-4-8-17(25)12-15)20(27)13-26-22(28)18-9-1-2-10-19(18)23(26)29/h1-12,20-21,27H,13H2/t20-,21+/m0/s1. The third-order valence-corrected chi connectivity index (χ3v) is 5.28. The van der Waals surface area contributed by atoms with Crippen molar-refractivity contribution >= 4 is 23.4 Å². The van der Waals surface area contributed by atoms with E-state index in [0.29, 0.717) is 27.3 Å². The Balaban J connectivity index is 1.69. The fraction of sp³-hybridized carbons (Fsp3) is 0.130. The number of amides is 2. The van der Waals surface area contributed by atoms with E-state index in [1.165, 1.54) is 12.1 Å². The highest BCUT2D eigenvalue weighted by atomic mass is 35.5. The van der Waals surface area contributed by atoms with Gasteiger partial charge in [0.1, 0.15) is 5.82 Å². The van der Waals surface area contributed by atoms with Gasteiger partial charge in [0.15, 0.2) is 0 Å². The van der Waals surface area contributed by atoms with Crippen molar-refractivity contribution in [2.75, 3.05) is 6.54 Å². The van der Waals surface area contributed by atoms with Crippen molar-refractivity contribution in [3.05, 3.63) is 106 Å². The number of β-amino-alcohol motifs (C(OH)–C–C–N with tert-alkyl or cyclic N) is 1. The molecule has 0 radical (unpaired) electrons.